The minimum absolute atomic E-state index is 0.242. The maximum atomic E-state index is 5.67. The van der Waals surface area contributed by atoms with E-state index in [-0.39, 0.29) is 6.23 Å². The predicted octanol–water partition coefficient (Wildman–Crippen LogP) is 2.33. The number of hydrogen-bond donors (Lipinski definition) is 1. The molecule has 2 aliphatic rings. The number of benzene rings is 1. The van der Waals surface area contributed by atoms with Crippen LogP contribution in [0.3, 0.4) is 0 Å². The summed E-state index contributed by atoms with van der Waals surface area (Å²) in [5.74, 6) is 0.588. The van der Waals surface area contributed by atoms with Gasteiger partial charge in [0.15, 0.2) is 0 Å². The summed E-state index contributed by atoms with van der Waals surface area (Å²) in [7, 11) is 0. The van der Waals surface area contributed by atoms with Crippen molar-refractivity contribution >= 4 is 5.69 Å². The molecule has 2 unspecified atom stereocenters. The van der Waals surface area contributed by atoms with Crippen LogP contribution in [0.4, 0.5) is 5.69 Å². The van der Waals surface area contributed by atoms with Crippen molar-refractivity contribution in [3.8, 4) is 0 Å². The molecule has 1 saturated heterocycles. The molecule has 0 spiro atoms. The van der Waals surface area contributed by atoms with Crippen LogP contribution in [0, 0.1) is 0 Å². The zero-order valence-corrected chi connectivity index (χ0v) is 7.49. The van der Waals surface area contributed by atoms with E-state index in [4.69, 9.17) is 4.74 Å². The lowest BCUT2D eigenvalue weighted by Gasteiger charge is -2.25. The van der Waals surface area contributed by atoms with Crippen LogP contribution < -0.4 is 5.32 Å². The second-order valence-electron chi connectivity index (χ2n) is 3.77. The molecule has 3 rings (SSSR count). The van der Waals surface area contributed by atoms with Crippen LogP contribution in [0.15, 0.2) is 24.3 Å². The normalized spacial score (nSPS) is 30.5. The van der Waals surface area contributed by atoms with Crippen molar-refractivity contribution in [2.24, 2.45) is 0 Å². The van der Waals surface area contributed by atoms with E-state index in [1.807, 2.05) is 0 Å². The van der Waals surface area contributed by atoms with Gasteiger partial charge in [-0.15, -0.1) is 0 Å². The van der Waals surface area contributed by atoms with Crippen LogP contribution in [0.5, 0.6) is 0 Å². The van der Waals surface area contributed by atoms with E-state index in [9.17, 15) is 0 Å². The summed E-state index contributed by atoms with van der Waals surface area (Å²) in [6.07, 6.45) is 2.69. The van der Waals surface area contributed by atoms with Crippen molar-refractivity contribution in [1.82, 2.24) is 0 Å². The van der Waals surface area contributed by atoms with Gasteiger partial charge in [0.25, 0.3) is 0 Å². The number of nitrogens with one attached hydrogen (secondary N) is 1. The van der Waals surface area contributed by atoms with Crippen molar-refractivity contribution in [1.29, 1.82) is 0 Å². The average Bonchev–Trinajstić information content (AvgIpc) is 2.56. The number of para-hydroxylation sites is 1. The highest BCUT2D eigenvalue weighted by atomic mass is 16.5. The second-order valence-corrected chi connectivity index (χ2v) is 3.77. The summed E-state index contributed by atoms with van der Waals surface area (Å²) >= 11 is 0. The Morgan fingerprint density at radius 3 is 3.23 bits per heavy atom. The summed E-state index contributed by atoms with van der Waals surface area (Å²) in [6.45, 7) is 0.905. The summed E-state index contributed by atoms with van der Waals surface area (Å²) in [4.78, 5) is 0. The third kappa shape index (κ3) is 1.05. The van der Waals surface area contributed by atoms with Crippen molar-refractivity contribution < 1.29 is 4.74 Å². The summed E-state index contributed by atoms with van der Waals surface area (Å²) in [6, 6.07) is 8.53. The molecule has 1 aromatic rings. The van der Waals surface area contributed by atoms with Gasteiger partial charge in [0.2, 0.25) is 0 Å². The quantitative estimate of drug-likeness (QED) is 0.653. The summed E-state index contributed by atoms with van der Waals surface area (Å²) in [5, 5.41) is 3.41. The highest BCUT2D eigenvalue weighted by Crippen LogP contribution is 2.40. The standard InChI is InChI=1S/C11H13NO/c1-2-6-10-8(4-1)9-5-3-7-13-11(9)12-10/h1-2,4,6,9,11-12H,3,5,7H2. The Hall–Kier alpha value is -1.02. The van der Waals surface area contributed by atoms with Crippen molar-refractivity contribution in [2.45, 2.75) is 25.0 Å². The fourth-order valence-electron chi connectivity index (χ4n) is 2.35. The molecule has 0 amide bonds. The van der Waals surface area contributed by atoms with Gasteiger partial charge in [-0.25, -0.2) is 0 Å². The highest BCUT2D eigenvalue weighted by molar-refractivity contribution is 5.58. The Labute approximate surface area is 77.9 Å². The Balaban J connectivity index is 2.01. The molecule has 1 fully saturated rings. The maximum absolute atomic E-state index is 5.67. The van der Waals surface area contributed by atoms with Crippen molar-refractivity contribution in [3.05, 3.63) is 29.8 Å². The van der Waals surface area contributed by atoms with E-state index in [1.165, 1.54) is 24.1 Å². The van der Waals surface area contributed by atoms with Gasteiger partial charge in [-0.05, 0) is 24.5 Å². The monoisotopic (exact) mass is 175 g/mol. The van der Waals surface area contributed by atoms with Crippen LogP contribution in [-0.4, -0.2) is 12.8 Å². The number of anilines is 1. The van der Waals surface area contributed by atoms with Crippen molar-refractivity contribution in [3.63, 3.8) is 0 Å². The zero-order valence-electron chi connectivity index (χ0n) is 7.49. The van der Waals surface area contributed by atoms with E-state index in [0.29, 0.717) is 5.92 Å². The van der Waals surface area contributed by atoms with Crippen LogP contribution in [-0.2, 0) is 4.74 Å². The summed E-state index contributed by atoms with van der Waals surface area (Å²) in [5.41, 5.74) is 2.70. The fourth-order valence-corrected chi connectivity index (χ4v) is 2.35. The molecule has 0 bridgehead atoms. The first-order valence-electron chi connectivity index (χ1n) is 4.92. The van der Waals surface area contributed by atoms with Crippen LogP contribution >= 0.6 is 0 Å². The number of rotatable bonds is 0. The lowest BCUT2D eigenvalue weighted by atomic mass is 9.94. The van der Waals surface area contributed by atoms with Crippen LogP contribution in [0.1, 0.15) is 24.3 Å². The number of fused-ring (bicyclic) bond motifs is 3. The van der Waals surface area contributed by atoms with Gasteiger partial charge < -0.3 is 10.1 Å². The molecular formula is C11H13NO. The molecule has 0 saturated carbocycles. The van der Waals surface area contributed by atoms with E-state index >= 15 is 0 Å². The number of hydrogen-bond acceptors (Lipinski definition) is 2. The van der Waals surface area contributed by atoms with E-state index in [0.717, 1.165) is 6.61 Å². The predicted molar refractivity (Wildman–Crippen MR) is 51.8 cm³/mol. The highest BCUT2D eigenvalue weighted by Gasteiger charge is 2.34. The zero-order chi connectivity index (χ0) is 8.67. The van der Waals surface area contributed by atoms with Gasteiger partial charge in [0.1, 0.15) is 6.23 Å². The lowest BCUT2D eigenvalue weighted by molar-refractivity contribution is 0.0235. The average molecular weight is 175 g/mol. The van der Waals surface area contributed by atoms with Gasteiger partial charge >= 0.3 is 0 Å². The first-order chi connectivity index (χ1) is 6.45. The molecule has 0 aromatic heterocycles. The Morgan fingerprint density at radius 1 is 1.31 bits per heavy atom. The fraction of sp³-hybridized carbons (Fsp3) is 0.455. The molecule has 0 aliphatic carbocycles. The van der Waals surface area contributed by atoms with Gasteiger partial charge in [-0.1, -0.05) is 18.2 Å². The Kier molecular flexibility index (Phi) is 1.56. The van der Waals surface area contributed by atoms with Crippen LogP contribution in [0.25, 0.3) is 0 Å². The molecular weight excluding hydrogens is 162 g/mol. The Morgan fingerprint density at radius 2 is 2.23 bits per heavy atom. The lowest BCUT2D eigenvalue weighted by Crippen LogP contribution is -2.28. The van der Waals surface area contributed by atoms with Gasteiger partial charge in [-0.3, -0.25) is 0 Å². The van der Waals surface area contributed by atoms with E-state index < -0.39 is 0 Å². The Bertz CT molecular complexity index is 324. The first kappa shape index (κ1) is 7.39. The summed E-state index contributed by atoms with van der Waals surface area (Å²) < 4.78 is 5.67. The minimum Gasteiger partial charge on any atom is -0.359 e. The first-order valence-corrected chi connectivity index (χ1v) is 4.92. The molecule has 2 heterocycles. The third-order valence-electron chi connectivity index (χ3n) is 2.98. The van der Waals surface area contributed by atoms with E-state index in [1.54, 1.807) is 0 Å². The molecule has 0 radical (unpaired) electrons. The molecule has 1 N–H and O–H groups in total. The van der Waals surface area contributed by atoms with E-state index in [2.05, 4.69) is 29.6 Å². The topological polar surface area (TPSA) is 21.3 Å². The van der Waals surface area contributed by atoms with Crippen LogP contribution in [0.2, 0.25) is 0 Å². The number of ether oxygens (including phenoxy) is 1. The van der Waals surface area contributed by atoms with Gasteiger partial charge in [-0.2, -0.15) is 0 Å². The van der Waals surface area contributed by atoms with Gasteiger partial charge in [0.05, 0.1) is 0 Å². The molecule has 1 aromatic carbocycles. The minimum atomic E-state index is 0.242. The molecule has 2 nitrogen and oxygen atoms in total. The molecule has 2 atom stereocenters. The smallest absolute Gasteiger partial charge is 0.134 e. The molecule has 2 aliphatic heterocycles. The maximum Gasteiger partial charge on any atom is 0.134 e. The molecule has 2 heteroatoms. The second kappa shape index (κ2) is 2.74. The SMILES string of the molecule is c1ccc2c(c1)NC1OCCCC21. The molecule has 13 heavy (non-hydrogen) atoms. The largest absolute Gasteiger partial charge is 0.359 e. The van der Waals surface area contributed by atoms with Gasteiger partial charge in [0, 0.05) is 18.2 Å². The third-order valence-corrected chi connectivity index (χ3v) is 2.98. The van der Waals surface area contributed by atoms with Crippen molar-refractivity contribution in [2.75, 3.05) is 11.9 Å². The molecule has 68 valence electrons.